The van der Waals surface area contributed by atoms with Crippen LogP contribution in [-0.4, -0.2) is 17.9 Å². The summed E-state index contributed by atoms with van der Waals surface area (Å²) < 4.78 is 0. The maximum atomic E-state index is 12.2. The molecule has 0 aliphatic heterocycles. The number of hydrogen-bond donors (Lipinski definition) is 2. The number of benzene rings is 2. The van der Waals surface area contributed by atoms with Crippen molar-refractivity contribution in [1.29, 1.82) is 0 Å². The molecule has 1 saturated carbocycles. The van der Waals surface area contributed by atoms with Gasteiger partial charge in [-0.2, -0.15) is 0 Å². The van der Waals surface area contributed by atoms with Crippen LogP contribution >= 0.6 is 0 Å². The third kappa shape index (κ3) is 3.97. The summed E-state index contributed by atoms with van der Waals surface area (Å²) in [6.45, 7) is 2.09. The monoisotopic (exact) mass is 308 g/mol. The van der Waals surface area contributed by atoms with Crippen molar-refractivity contribution < 1.29 is 9.59 Å². The van der Waals surface area contributed by atoms with Gasteiger partial charge >= 0.3 is 0 Å². The largest absolute Gasteiger partial charge is 0.349 e. The molecule has 0 saturated heterocycles. The molecule has 0 spiro atoms. The van der Waals surface area contributed by atoms with Crippen LogP contribution in [0.1, 0.15) is 46.0 Å². The van der Waals surface area contributed by atoms with Gasteiger partial charge in [-0.3, -0.25) is 9.59 Å². The van der Waals surface area contributed by atoms with Crippen molar-refractivity contribution in [2.75, 3.05) is 5.32 Å². The van der Waals surface area contributed by atoms with Gasteiger partial charge in [0.2, 0.25) is 0 Å². The Hall–Kier alpha value is -2.62. The minimum Gasteiger partial charge on any atom is -0.349 e. The molecule has 4 heteroatoms. The van der Waals surface area contributed by atoms with Crippen molar-refractivity contribution in [1.82, 2.24) is 5.32 Å². The van der Waals surface area contributed by atoms with Gasteiger partial charge in [-0.1, -0.05) is 19.1 Å². The van der Waals surface area contributed by atoms with Crippen LogP contribution in [0.4, 0.5) is 5.69 Å². The summed E-state index contributed by atoms with van der Waals surface area (Å²) in [5, 5.41) is 5.79. The molecule has 118 valence electrons. The molecule has 0 radical (unpaired) electrons. The quantitative estimate of drug-likeness (QED) is 0.889. The van der Waals surface area contributed by atoms with E-state index in [1.165, 1.54) is 5.56 Å². The van der Waals surface area contributed by atoms with Crippen LogP contribution in [-0.2, 0) is 6.42 Å². The molecule has 1 fully saturated rings. The highest BCUT2D eigenvalue weighted by Gasteiger charge is 2.23. The first kappa shape index (κ1) is 15.3. The number of hydrogen-bond acceptors (Lipinski definition) is 2. The second-order valence-electron chi connectivity index (χ2n) is 5.83. The number of carbonyl (C=O) groups is 2. The van der Waals surface area contributed by atoms with E-state index in [1.54, 1.807) is 24.3 Å². The van der Waals surface area contributed by atoms with Crippen molar-refractivity contribution in [3.63, 3.8) is 0 Å². The molecule has 2 aromatic rings. The Bertz CT molecular complexity index is 701. The highest BCUT2D eigenvalue weighted by molar-refractivity contribution is 6.05. The van der Waals surface area contributed by atoms with E-state index in [4.69, 9.17) is 0 Å². The molecule has 2 N–H and O–H groups in total. The first-order valence-corrected chi connectivity index (χ1v) is 7.97. The smallest absolute Gasteiger partial charge is 0.255 e. The number of carbonyl (C=O) groups excluding carboxylic acids is 2. The van der Waals surface area contributed by atoms with Gasteiger partial charge in [0.05, 0.1) is 0 Å². The Morgan fingerprint density at radius 2 is 1.48 bits per heavy atom. The maximum absolute atomic E-state index is 12.2. The Kier molecular flexibility index (Phi) is 4.42. The van der Waals surface area contributed by atoms with E-state index in [0.717, 1.165) is 24.9 Å². The van der Waals surface area contributed by atoms with Gasteiger partial charge in [0.25, 0.3) is 11.8 Å². The molecule has 1 aliphatic rings. The van der Waals surface area contributed by atoms with E-state index in [9.17, 15) is 9.59 Å². The summed E-state index contributed by atoms with van der Waals surface area (Å²) in [7, 11) is 0. The molecular formula is C19H20N2O2. The van der Waals surface area contributed by atoms with Crippen molar-refractivity contribution in [2.45, 2.75) is 32.2 Å². The SMILES string of the molecule is CCc1ccc(NC(=O)c2ccc(C(=O)NC3CC3)cc2)cc1. The zero-order valence-corrected chi connectivity index (χ0v) is 13.1. The van der Waals surface area contributed by atoms with Crippen LogP contribution < -0.4 is 10.6 Å². The van der Waals surface area contributed by atoms with E-state index in [2.05, 4.69) is 17.6 Å². The summed E-state index contributed by atoms with van der Waals surface area (Å²) in [6, 6.07) is 14.9. The van der Waals surface area contributed by atoms with Crippen LogP contribution in [0.25, 0.3) is 0 Å². The van der Waals surface area contributed by atoms with Crippen LogP contribution in [0.5, 0.6) is 0 Å². The van der Waals surface area contributed by atoms with E-state index >= 15 is 0 Å². The lowest BCUT2D eigenvalue weighted by Crippen LogP contribution is -2.25. The van der Waals surface area contributed by atoms with E-state index in [-0.39, 0.29) is 11.8 Å². The van der Waals surface area contributed by atoms with Crippen molar-refractivity contribution in [3.8, 4) is 0 Å². The minimum absolute atomic E-state index is 0.0744. The average Bonchev–Trinajstić information content (AvgIpc) is 3.39. The Labute approximate surface area is 135 Å². The molecule has 0 unspecified atom stereocenters. The van der Waals surface area contributed by atoms with Gasteiger partial charge in [0.1, 0.15) is 0 Å². The number of aryl methyl sites for hydroxylation is 1. The molecular weight excluding hydrogens is 288 g/mol. The van der Waals surface area contributed by atoms with E-state index < -0.39 is 0 Å². The second-order valence-corrected chi connectivity index (χ2v) is 5.83. The van der Waals surface area contributed by atoms with Crippen LogP contribution in [0, 0.1) is 0 Å². The Morgan fingerprint density at radius 1 is 0.913 bits per heavy atom. The van der Waals surface area contributed by atoms with Crippen LogP contribution in [0.2, 0.25) is 0 Å². The third-order valence-electron chi connectivity index (χ3n) is 3.94. The first-order chi connectivity index (χ1) is 11.2. The molecule has 1 aliphatic carbocycles. The van der Waals surface area contributed by atoms with Gasteiger partial charge in [0, 0.05) is 22.9 Å². The predicted molar refractivity (Wildman–Crippen MR) is 90.7 cm³/mol. The molecule has 2 aromatic carbocycles. The standard InChI is InChI=1S/C19H20N2O2/c1-2-13-3-9-16(10-4-13)20-18(22)14-5-7-15(8-6-14)19(23)21-17-11-12-17/h3-10,17H,2,11-12H2,1H3,(H,20,22)(H,21,23). The third-order valence-corrected chi connectivity index (χ3v) is 3.94. The highest BCUT2D eigenvalue weighted by atomic mass is 16.2. The summed E-state index contributed by atoms with van der Waals surface area (Å²) in [5.74, 6) is -0.252. The Balaban J connectivity index is 1.63. The van der Waals surface area contributed by atoms with Crippen molar-refractivity contribution in [3.05, 3.63) is 65.2 Å². The lowest BCUT2D eigenvalue weighted by Gasteiger charge is -2.07. The fourth-order valence-electron chi connectivity index (χ4n) is 2.30. The number of amides is 2. The molecule has 0 aromatic heterocycles. The Morgan fingerprint density at radius 3 is 2.00 bits per heavy atom. The zero-order valence-electron chi connectivity index (χ0n) is 13.1. The fourth-order valence-corrected chi connectivity index (χ4v) is 2.30. The van der Waals surface area contributed by atoms with Crippen molar-refractivity contribution >= 4 is 17.5 Å². The zero-order chi connectivity index (χ0) is 16.2. The number of rotatable bonds is 5. The predicted octanol–water partition coefficient (Wildman–Crippen LogP) is 3.39. The van der Waals surface area contributed by atoms with Gasteiger partial charge in [-0.25, -0.2) is 0 Å². The maximum Gasteiger partial charge on any atom is 0.255 e. The summed E-state index contributed by atoms with van der Waals surface area (Å²) in [6.07, 6.45) is 3.09. The molecule has 2 amide bonds. The van der Waals surface area contributed by atoms with Gasteiger partial charge in [-0.05, 0) is 61.2 Å². The van der Waals surface area contributed by atoms with Crippen molar-refractivity contribution in [2.24, 2.45) is 0 Å². The highest BCUT2D eigenvalue weighted by Crippen LogP contribution is 2.19. The fraction of sp³-hybridized carbons (Fsp3) is 0.263. The molecule has 3 rings (SSSR count). The summed E-state index contributed by atoms with van der Waals surface area (Å²) in [4.78, 5) is 24.1. The number of nitrogens with one attached hydrogen (secondary N) is 2. The summed E-state index contributed by atoms with van der Waals surface area (Å²) >= 11 is 0. The summed E-state index contributed by atoms with van der Waals surface area (Å²) in [5.41, 5.74) is 3.12. The lowest BCUT2D eigenvalue weighted by molar-refractivity contribution is 0.0949. The molecule has 23 heavy (non-hydrogen) atoms. The molecule has 0 heterocycles. The first-order valence-electron chi connectivity index (χ1n) is 7.97. The molecule has 0 bridgehead atoms. The van der Waals surface area contributed by atoms with Crippen LogP contribution in [0.15, 0.2) is 48.5 Å². The van der Waals surface area contributed by atoms with Gasteiger partial charge in [-0.15, -0.1) is 0 Å². The van der Waals surface area contributed by atoms with Gasteiger partial charge in [0.15, 0.2) is 0 Å². The van der Waals surface area contributed by atoms with E-state index in [0.29, 0.717) is 17.2 Å². The van der Waals surface area contributed by atoms with Gasteiger partial charge < -0.3 is 10.6 Å². The van der Waals surface area contributed by atoms with E-state index in [1.807, 2.05) is 24.3 Å². The number of anilines is 1. The topological polar surface area (TPSA) is 58.2 Å². The average molecular weight is 308 g/mol. The van der Waals surface area contributed by atoms with Crippen LogP contribution in [0.3, 0.4) is 0 Å². The minimum atomic E-state index is -0.177. The molecule has 4 nitrogen and oxygen atoms in total. The second kappa shape index (κ2) is 6.65. The molecule has 0 atom stereocenters. The lowest BCUT2D eigenvalue weighted by atomic mass is 10.1. The normalized spacial score (nSPS) is 13.4.